The minimum Gasteiger partial charge on any atom is -0.325 e. The molecule has 0 spiro atoms. The Balaban J connectivity index is 1.87. The molecule has 2 rings (SSSR count). The number of piperidine rings is 1. The van der Waals surface area contributed by atoms with Crippen molar-refractivity contribution in [2.45, 2.75) is 32.2 Å². The first-order chi connectivity index (χ1) is 9.92. The molecule has 0 atom stereocenters. The molecule has 1 fully saturated rings. The molecule has 0 radical (unpaired) electrons. The molecule has 0 bridgehead atoms. The third-order valence-electron chi connectivity index (χ3n) is 4.40. The van der Waals surface area contributed by atoms with Crippen molar-refractivity contribution in [3.05, 3.63) is 28.8 Å². The Bertz CT molecular complexity index is 510. The van der Waals surface area contributed by atoms with Crippen LogP contribution in [0.2, 0.25) is 5.02 Å². The van der Waals surface area contributed by atoms with Crippen LogP contribution in [0.1, 0.15) is 25.3 Å². The fourth-order valence-corrected chi connectivity index (χ4v) is 2.75. The van der Waals surface area contributed by atoms with Gasteiger partial charge < -0.3 is 10.6 Å². The van der Waals surface area contributed by atoms with Gasteiger partial charge in [0.25, 0.3) is 0 Å². The van der Waals surface area contributed by atoms with Crippen molar-refractivity contribution in [1.82, 2.24) is 10.2 Å². The molecule has 1 amide bonds. The summed E-state index contributed by atoms with van der Waals surface area (Å²) < 4.78 is 0. The van der Waals surface area contributed by atoms with Crippen LogP contribution in [0.15, 0.2) is 18.2 Å². The molecule has 116 valence electrons. The fraction of sp³-hybridized carbons (Fsp3) is 0.562. The number of nitrogens with one attached hydrogen (secondary N) is 2. The van der Waals surface area contributed by atoms with Crippen LogP contribution < -0.4 is 10.6 Å². The SMILES string of the molecule is CNC1(C)CCN(CC(=O)Nc2cc(Cl)ccc2C)CC1. The van der Waals surface area contributed by atoms with Crippen LogP contribution in [0.5, 0.6) is 0 Å². The lowest BCUT2D eigenvalue weighted by molar-refractivity contribution is -0.117. The molecular weight excluding hydrogens is 286 g/mol. The van der Waals surface area contributed by atoms with E-state index >= 15 is 0 Å². The highest BCUT2D eigenvalue weighted by atomic mass is 35.5. The molecule has 0 unspecified atom stereocenters. The number of amides is 1. The number of nitrogens with zero attached hydrogens (tertiary/aromatic N) is 1. The fourth-order valence-electron chi connectivity index (χ4n) is 2.58. The number of carbonyl (C=O) groups excluding carboxylic acids is 1. The van der Waals surface area contributed by atoms with E-state index in [9.17, 15) is 4.79 Å². The summed E-state index contributed by atoms with van der Waals surface area (Å²) in [5.41, 5.74) is 2.02. The Kier molecular flexibility index (Phi) is 5.25. The third-order valence-corrected chi connectivity index (χ3v) is 4.64. The molecule has 1 aliphatic rings. The predicted molar refractivity (Wildman–Crippen MR) is 88.0 cm³/mol. The molecule has 0 saturated carbocycles. The normalized spacial score (nSPS) is 18.5. The van der Waals surface area contributed by atoms with E-state index in [-0.39, 0.29) is 11.4 Å². The monoisotopic (exact) mass is 309 g/mol. The Morgan fingerprint density at radius 2 is 2.05 bits per heavy atom. The first-order valence-corrected chi connectivity index (χ1v) is 7.77. The highest BCUT2D eigenvalue weighted by molar-refractivity contribution is 6.31. The van der Waals surface area contributed by atoms with Gasteiger partial charge in [-0.15, -0.1) is 0 Å². The first kappa shape index (κ1) is 16.3. The van der Waals surface area contributed by atoms with E-state index in [4.69, 9.17) is 11.6 Å². The van der Waals surface area contributed by atoms with E-state index in [1.165, 1.54) is 0 Å². The molecule has 5 heteroatoms. The van der Waals surface area contributed by atoms with Crippen molar-refractivity contribution < 1.29 is 4.79 Å². The van der Waals surface area contributed by atoms with Crippen molar-refractivity contribution in [2.24, 2.45) is 0 Å². The Hall–Kier alpha value is -1.10. The third kappa shape index (κ3) is 4.43. The molecule has 1 aliphatic heterocycles. The van der Waals surface area contributed by atoms with Crippen LogP contribution >= 0.6 is 11.6 Å². The summed E-state index contributed by atoms with van der Waals surface area (Å²) in [6.45, 7) is 6.52. The van der Waals surface area contributed by atoms with Gasteiger partial charge in [0.2, 0.25) is 5.91 Å². The van der Waals surface area contributed by atoms with Gasteiger partial charge >= 0.3 is 0 Å². The van der Waals surface area contributed by atoms with Crippen molar-refractivity contribution in [3.63, 3.8) is 0 Å². The number of benzene rings is 1. The quantitative estimate of drug-likeness (QED) is 0.899. The zero-order valence-corrected chi connectivity index (χ0v) is 13.8. The topological polar surface area (TPSA) is 44.4 Å². The van der Waals surface area contributed by atoms with Gasteiger partial charge in [0.15, 0.2) is 0 Å². The number of anilines is 1. The second-order valence-corrected chi connectivity index (χ2v) is 6.53. The Morgan fingerprint density at radius 3 is 2.67 bits per heavy atom. The Labute approximate surface area is 131 Å². The summed E-state index contributed by atoms with van der Waals surface area (Å²) in [6.07, 6.45) is 2.12. The maximum Gasteiger partial charge on any atom is 0.238 e. The van der Waals surface area contributed by atoms with E-state index in [1.54, 1.807) is 6.07 Å². The highest BCUT2D eigenvalue weighted by Gasteiger charge is 2.28. The lowest BCUT2D eigenvalue weighted by Crippen LogP contribution is -2.51. The summed E-state index contributed by atoms with van der Waals surface area (Å²) in [5.74, 6) is 0.0217. The van der Waals surface area contributed by atoms with Crippen molar-refractivity contribution in [1.29, 1.82) is 0 Å². The highest BCUT2D eigenvalue weighted by Crippen LogP contribution is 2.22. The number of aryl methyl sites for hydroxylation is 1. The van der Waals surface area contributed by atoms with Gasteiger partial charge in [-0.05, 0) is 51.4 Å². The summed E-state index contributed by atoms with van der Waals surface area (Å²) >= 11 is 5.97. The molecule has 0 aliphatic carbocycles. The molecule has 1 aromatic carbocycles. The number of halogens is 1. The van der Waals surface area contributed by atoms with E-state index in [1.807, 2.05) is 26.1 Å². The van der Waals surface area contributed by atoms with Crippen LogP contribution in [0, 0.1) is 6.92 Å². The van der Waals surface area contributed by atoms with Crippen molar-refractivity contribution in [2.75, 3.05) is 32.0 Å². The molecule has 0 aromatic heterocycles. The average molecular weight is 310 g/mol. The second-order valence-electron chi connectivity index (χ2n) is 6.09. The molecule has 21 heavy (non-hydrogen) atoms. The van der Waals surface area contributed by atoms with Crippen LogP contribution in [-0.2, 0) is 4.79 Å². The summed E-state index contributed by atoms with van der Waals surface area (Å²) in [5, 5.41) is 6.96. The average Bonchev–Trinajstić information content (AvgIpc) is 2.46. The van der Waals surface area contributed by atoms with E-state index < -0.39 is 0 Å². The van der Waals surface area contributed by atoms with Gasteiger partial charge in [-0.3, -0.25) is 9.69 Å². The van der Waals surface area contributed by atoms with Gasteiger partial charge in [-0.2, -0.15) is 0 Å². The molecular formula is C16H24ClN3O. The standard InChI is InChI=1S/C16H24ClN3O/c1-12-4-5-13(17)10-14(12)19-15(21)11-20-8-6-16(2,18-3)7-9-20/h4-5,10,18H,6-9,11H2,1-3H3,(H,19,21). The minimum absolute atomic E-state index is 0.0217. The van der Waals surface area contributed by atoms with E-state index in [2.05, 4.69) is 22.5 Å². The van der Waals surface area contributed by atoms with Gasteiger partial charge in [0.05, 0.1) is 6.54 Å². The molecule has 4 nitrogen and oxygen atoms in total. The van der Waals surface area contributed by atoms with Gasteiger partial charge in [-0.1, -0.05) is 17.7 Å². The molecule has 2 N–H and O–H groups in total. The second kappa shape index (κ2) is 6.77. The summed E-state index contributed by atoms with van der Waals surface area (Å²) in [7, 11) is 2.00. The molecule has 1 heterocycles. The summed E-state index contributed by atoms with van der Waals surface area (Å²) in [6, 6.07) is 5.54. The van der Waals surface area contributed by atoms with Crippen LogP contribution in [0.3, 0.4) is 0 Å². The number of hydrogen-bond acceptors (Lipinski definition) is 3. The van der Waals surface area contributed by atoms with Gasteiger partial charge in [-0.25, -0.2) is 0 Å². The zero-order valence-electron chi connectivity index (χ0n) is 13.0. The lowest BCUT2D eigenvalue weighted by Gasteiger charge is -2.39. The minimum atomic E-state index is 0.0217. The number of rotatable bonds is 4. The number of likely N-dealkylation sites (tertiary alicyclic amines) is 1. The van der Waals surface area contributed by atoms with E-state index in [0.717, 1.165) is 37.2 Å². The van der Waals surface area contributed by atoms with Crippen LogP contribution in [-0.4, -0.2) is 43.0 Å². The Morgan fingerprint density at radius 1 is 1.38 bits per heavy atom. The number of hydrogen-bond donors (Lipinski definition) is 2. The smallest absolute Gasteiger partial charge is 0.238 e. The largest absolute Gasteiger partial charge is 0.325 e. The van der Waals surface area contributed by atoms with Crippen molar-refractivity contribution >= 4 is 23.2 Å². The maximum atomic E-state index is 12.2. The zero-order chi connectivity index (χ0) is 15.5. The van der Waals surface area contributed by atoms with Crippen LogP contribution in [0.25, 0.3) is 0 Å². The number of carbonyl (C=O) groups is 1. The van der Waals surface area contributed by atoms with Gasteiger partial charge in [0, 0.05) is 29.3 Å². The maximum absolute atomic E-state index is 12.2. The molecule has 1 aromatic rings. The molecule has 1 saturated heterocycles. The van der Waals surface area contributed by atoms with Crippen LogP contribution in [0.4, 0.5) is 5.69 Å². The van der Waals surface area contributed by atoms with Gasteiger partial charge in [0.1, 0.15) is 0 Å². The predicted octanol–water partition coefficient (Wildman–Crippen LogP) is 2.66. The first-order valence-electron chi connectivity index (χ1n) is 7.39. The summed E-state index contributed by atoms with van der Waals surface area (Å²) in [4.78, 5) is 14.4. The van der Waals surface area contributed by atoms with E-state index in [0.29, 0.717) is 11.6 Å². The lowest BCUT2D eigenvalue weighted by atomic mass is 9.90. The van der Waals surface area contributed by atoms with Crippen molar-refractivity contribution in [3.8, 4) is 0 Å².